The van der Waals surface area contributed by atoms with Crippen LogP contribution in [0.25, 0.3) is 22.3 Å². The molecule has 18 heteroatoms. The molecule has 4 N–H and O–H groups in total. The summed E-state index contributed by atoms with van der Waals surface area (Å²) in [5.41, 5.74) is 11.0. The number of benzene rings is 3. The number of rotatable bonds is 19. The topological polar surface area (TPSA) is 203 Å². The summed E-state index contributed by atoms with van der Waals surface area (Å²) in [5, 5.41) is 11.5. The minimum Gasteiger partial charge on any atom is -0.457 e. The number of nitrogens with zero attached hydrogens (tertiary/aromatic N) is 8. The van der Waals surface area contributed by atoms with E-state index in [1.54, 1.807) is 11.0 Å². The number of fused-ring (bicyclic) bond motifs is 2. The van der Waals surface area contributed by atoms with Crippen LogP contribution in [0.1, 0.15) is 60.5 Å². The van der Waals surface area contributed by atoms with E-state index >= 15 is 0 Å². The van der Waals surface area contributed by atoms with Gasteiger partial charge in [-0.1, -0.05) is 24.3 Å². The predicted molar refractivity (Wildman–Crippen MR) is 251 cm³/mol. The van der Waals surface area contributed by atoms with Crippen molar-refractivity contribution in [2.24, 2.45) is 0 Å². The minimum atomic E-state index is -0.641. The zero-order valence-electron chi connectivity index (χ0n) is 37.8. The smallest absolute Gasteiger partial charge is 0.255 e. The van der Waals surface area contributed by atoms with Crippen molar-refractivity contribution in [3.63, 3.8) is 0 Å². The Balaban J connectivity index is 0.645. The van der Waals surface area contributed by atoms with E-state index in [1.807, 2.05) is 76.3 Å². The van der Waals surface area contributed by atoms with Crippen LogP contribution in [0.2, 0.25) is 0 Å². The number of piperidine rings is 2. The zero-order valence-corrected chi connectivity index (χ0v) is 37.8. The number of hydrogen-bond acceptors (Lipinski definition) is 14. The summed E-state index contributed by atoms with van der Waals surface area (Å²) in [4.78, 5) is 68.0. The van der Waals surface area contributed by atoms with Gasteiger partial charge in [0.05, 0.1) is 37.9 Å². The molecule has 3 fully saturated rings. The number of hydrogen-bond donors (Lipinski definition) is 3. The second-order valence-corrected chi connectivity index (χ2v) is 17.5. The van der Waals surface area contributed by atoms with Crippen LogP contribution < -0.4 is 21.1 Å². The number of piperazine rings is 1. The molecule has 2 atom stereocenters. The molecule has 18 nitrogen and oxygen atoms in total. The van der Waals surface area contributed by atoms with E-state index in [4.69, 9.17) is 25.0 Å². The first-order valence-corrected chi connectivity index (χ1v) is 23.5. The van der Waals surface area contributed by atoms with E-state index in [0.29, 0.717) is 87.0 Å². The predicted octanol–water partition coefficient (Wildman–Crippen LogP) is 4.34. The van der Waals surface area contributed by atoms with Crippen LogP contribution in [0.3, 0.4) is 0 Å². The Bertz CT molecular complexity index is 2530. The number of carbonyl (C=O) groups is 4. The number of carbonyl (C=O) groups excluding carboxylic acids is 4. The first kappa shape index (κ1) is 45.7. The molecule has 4 aliphatic heterocycles. The van der Waals surface area contributed by atoms with E-state index in [9.17, 15) is 19.2 Å². The summed E-state index contributed by atoms with van der Waals surface area (Å²) in [7, 11) is 0. The average molecular weight is 914 g/mol. The lowest BCUT2D eigenvalue weighted by Gasteiger charge is -2.35. The van der Waals surface area contributed by atoms with Gasteiger partial charge in [-0.2, -0.15) is 5.10 Å². The summed E-state index contributed by atoms with van der Waals surface area (Å²) in [6.07, 6.45) is 5.13. The Labute approximate surface area is 389 Å². The highest BCUT2D eigenvalue weighted by Gasteiger charge is 2.40. The van der Waals surface area contributed by atoms with Crippen LogP contribution in [-0.4, -0.2) is 154 Å². The number of nitrogens with one attached hydrogen (secondary N) is 2. The highest BCUT2D eigenvalue weighted by Crippen LogP contribution is 2.36. The zero-order chi connectivity index (χ0) is 46.1. The Hall–Kier alpha value is -6.47. The number of nitrogens with two attached hydrogens (primary N) is 1. The molecule has 0 bridgehead atoms. The summed E-state index contributed by atoms with van der Waals surface area (Å²) >= 11 is 0. The first-order valence-electron chi connectivity index (χ1n) is 23.5. The average Bonchev–Trinajstić information content (AvgIpc) is 3.91. The number of imide groups is 1. The molecule has 0 aliphatic carbocycles. The van der Waals surface area contributed by atoms with Crippen LogP contribution in [0.5, 0.6) is 11.5 Å². The molecule has 5 aromatic rings. The van der Waals surface area contributed by atoms with Crippen LogP contribution in [-0.2, 0) is 30.4 Å². The molecule has 0 spiro atoms. The number of anilines is 2. The lowest BCUT2D eigenvalue weighted by molar-refractivity contribution is -0.137. The van der Waals surface area contributed by atoms with Gasteiger partial charge in [-0.15, -0.1) is 0 Å². The molecule has 4 amide bonds. The maximum Gasteiger partial charge on any atom is 0.255 e. The molecule has 4 aliphatic rings. The van der Waals surface area contributed by atoms with Crippen molar-refractivity contribution in [3.05, 3.63) is 90.3 Å². The van der Waals surface area contributed by atoms with Crippen LogP contribution in [0, 0.1) is 0 Å². The monoisotopic (exact) mass is 913 g/mol. The maximum atomic E-state index is 13.6. The summed E-state index contributed by atoms with van der Waals surface area (Å²) in [5.74, 6) is 1.12. The second-order valence-electron chi connectivity index (χ2n) is 17.5. The number of likely N-dealkylation sites (tertiary alicyclic amines) is 1. The Morgan fingerprint density at radius 1 is 0.821 bits per heavy atom. The van der Waals surface area contributed by atoms with Crippen molar-refractivity contribution in [3.8, 4) is 22.8 Å². The van der Waals surface area contributed by atoms with Crippen molar-refractivity contribution in [2.75, 3.05) is 96.4 Å². The Morgan fingerprint density at radius 3 is 2.37 bits per heavy atom. The molecule has 0 radical (unpaired) electrons. The molecule has 0 saturated carbocycles. The van der Waals surface area contributed by atoms with E-state index in [2.05, 4.69) is 30.4 Å². The summed E-state index contributed by atoms with van der Waals surface area (Å²) in [6.45, 7) is 9.89. The lowest BCUT2D eigenvalue weighted by Crippen LogP contribution is -2.52. The van der Waals surface area contributed by atoms with Crippen molar-refractivity contribution in [2.45, 2.75) is 57.2 Å². The van der Waals surface area contributed by atoms with E-state index in [-0.39, 0.29) is 30.2 Å². The van der Waals surface area contributed by atoms with Gasteiger partial charge >= 0.3 is 0 Å². The van der Waals surface area contributed by atoms with Gasteiger partial charge < -0.3 is 40.0 Å². The highest BCUT2D eigenvalue weighted by molar-refractivity contribution is 6.06. The van der Waals surface area contributed by atoms with Gasteiger partial charge in [0.25, 0.3) is 5.91 Å². The summed E-state index contributed by atoms with van der Waals surface area (Å²) < 4.78 is 19.6. The number of ether oxygens (including phenoxy) is 3. The van der Waals surface area contributed by atoms with Crippen molar-refractivity contribution in [1.82, 2.24) is 44.7 Å². The number of aromatic nitrogens is 4. The third kappa shape index (κ3) is 10.9. The summed E-state index contributed by atoms with van der Waals surface area (Å²) in [6, 6.07) is 22.3. The standard InChI is InChI=1S/C49H59N11O7/c50-46-44-45(34-13-15-37(16-14-34)67-36-8-2-1-3-9-36)55-60(47(44)53-33-52-46)35-7-5-21-58(31-35)43(62)12-6-20-56-22-24-57(25-23-56)26-28-66-30-29-65-27-19-51-40-11-4-10-38-39(40)32-59(49(38)64)41-17-18-42(61)54-48(41)63/h1-4,8-11,13-16,33,35,41,51H,5-7,12,17-32H2,(H2,50,52,53)(H,54,61,63)/t35-,41?/m1/s1. The van der Waals surface area contributed by atoms with E-state index < -0.39 is 11.9 Å². The minimum absolute atomic E-state index is 0.0312. The number of para-hydroxylation sites is 1. The molecule has 352 valence electrons. The largest absolute Gasteiger partial charge is 0.457 e. The van der Waals surface area contributed by atoms with Gasteiger partial charge in [0, 0.05) is 94.1 Å². The fourth-order valence-corrected chi connectivity index (χ4v) is 9.51. The first-order chi connectivity index (χ1) is 32.8. The van der Waals surface area contributed by atoms with Crippen molar-refractivity contribution in [1.29, 1.82) is 0 Å². The number of amides is 4. The van der Waals surface area contributed by atoms with Crippen LogP contribution >= 0.6 is 0 Å². The fraction of sp³-hybridized carbons (Fsp3) is 0.449. The molecule has 3 saturated heterocycles. The van der Waals surface area contributed by atoms with Crippen molar-refractivity contribution < 1.29 is 33.4 Å². The van der Waals surface area contributed by atoms with Gasteiger partial charge in [-0.3, -0.25) is 29.4 Å². The fourth-order valence-electron chi connectivity index (χ4n) is 9.51. The van der Waals surface area contributed by atoms with E-state index in [1.165, 1.54) is 6.33 Å². The third-order valence-electron chi connectivity index (χ3n) is 13.1. The third-order valence-corrected chi connectivity index (χ3v) is 13.1. The van der Waals surface area contributed by atoms with Crippen LogP contribution in [0.4, 0.5) is 11.5 Å². The molecule has 67 heavy (non-hydrogen) atoms. The Kier molecular flexibility index (Phi) is 14.6. The van der Waals surface area contributed by atoms with Crippen molar-refractivity contribution >= 4 is 46.2 Å². The molecular weight excluding hydrogens is 855 g/mol. The molecule has 6 heterocycles. The molecule has 3 aromatic carbocycles. The molecular formula is C49H59N11O7. The molecule has 9 rings (SSSR count). The van der Waals surface area contributed by atoms with Gasteiger partial charge in [-0.25, -0.2) is 14.6 Å². The van der Waals surface area contributed by atoms with Gasteiger partial charge in [0.2, 0.25) is 17.7 Å². The SMILES string of the molecule is Nc1ncnc2c1c(-c1ccc(Oc3ccccc3)cc1)nn2[C@@H]1CCCN(C(=O)CCCN2CCN(CCOCCOCCNc3cccc4c3CN(C3CCC(=O)NC3=O)C4=O)CC2)C1. The second kappa shape index (κ2) is 21.4. The highest BCUT2D eigenvalue weighted by atomic mass is 16.5. The molecule has 2 aromatic heterocycles. The van der Waals surface area contributed by atoms with Gasteiger partial charge in [-0.05, 0) is 80.8 Å². The number of nitrogen functional groups attached to an aromatic ring is 1. The quantitative estimate of drug-likeness (QED) is 0.0780. The Morgan fingerprint density at radius 2 is 1.58 bits per heavy atom. The molecule has 1 unspecified atom stereocenters. The normalized spacial score (nSPS) is 19.2. The maximum absolute atomic E-state index is 13.6. The van der Waals surface area contributed by atoms with Gasteiger partial charge in [0.1, 0.15) is 35.4 Å². The van der Waals surface area contributed by atoms with E-state index in [0.717, 1.165) is 93.4 Å². The lowest BCUT2D eigenvalue weighted by atomic mass is 10.0. The van der Waals surface area contributed by atoms with Gasteiger partial charge in [0.15, 0.2) is 5.65 Å². The van der Waals surface area contributed by atoms with Crippen LogP contribution in [0.15, 0.2) is 79.1 Å².